The van der Waals surface area contributed by atoms with Gasteiger partial charge in [0.05, 0.1) is 12.3 Å². The highest BCUT2D eigenvalue weighted by Crippen LogP contribution is 2.20. The fraction of sp³-hybridized carbons (Fsp3) is 0.412. The van der Waals surface area contributed by atoms with Gasteiger partial charge in [0.15, 0.2) is 0 Å². The second kappa shape index (κ2) is 7.78. The maximum Gasteiger partial charge on any atom is 0.260 e. The van der Waals surface area contributed by atoms with Crippen molar-refractivity contribution in [3.8, 4) is 0 Å². The lowest BCUT2D eigenvalue weighted by molar-refractivity contribution is 0.0928. The normalized spacial score (nSPS) is 12.3. The lowest BCUT2D eigenvalue weighted by Gasteiger charge is -2.28. The molecule has 2 aromatic rings. The van der Waals surface area contributed by atoms with E-state index in [2.05, 4.69) is 29.0 Å². The Hall–Kier alpha value is -2.34. The number of aromatic nitrogens is 1. The Bertz CT molecular complexity index is 687. The largest absolute Gasteiger partial charge is 0.468 e. The summed E-state index contributed by atoms with van der Waals surface area (Å²) in [5.74, 6) is 0.418. The zero-order valence-corrected chi connectivity index (χ0v) is 13.8. The standard InChI is InChI=1S/C17H23N3O3/c1-4-20(5-2)14(15-7-6-10-23-15)11-18-16(21)13-9-8-12(3)19-17(13)22/h6-10,14H,4-5,11H2,1-3H3,(H,18,21)(H,19,22)/t14-/m1/s1. The monoisotopic (exact) mass is 317 g/mol. The van der Waals surface area contributed by atoms with E-state index in [0.29, 0.717) is 6.54 Å². The molecule has 0 unspecified atom stereocenters. The molecule has 23 heavy (non-hydrogen) atoms. The average Bonchev–Trinajstić information content (AvgIpc) is 3.05. The number of hydrogen-bond donors (Lipinski definition) is 2. The summed E-state index contributed by atoms with van der Waals surface area (Å²) < 4.78 is 5.50. The van der Waals surface area contributed by atoms with Crippen LogP contribution >= 0.6 is 0 Å². The summed E-state index contributed by atoms with van der Waals surface area (Å²) in [5.41, 5.74) is 0.469. The van der Waals surface area contributed by atoms with Crippen molar-refractivity contribution < 1.29 is 9.21 Å². The fourth-order valence-corrected chi connectivity index (χ4v) is 2.59. The van der Waals surface area contributed by atoms with Gasteiger partial charge in [-0.1, -0.05) is 13.8 Å². The van der Waals surface area contributed by atoms with Gasteiger partial charge < -0.3 is 14.7 Å². The first-order valence-corrected chi connectivity index (χ1v) is 7.82. The molecule has 0 spiro atoms. The summed E-state index contributed by atoms with van der Waals surface area (Å²) in [6.45, 7) is 7.95. The van der Waals surface area contributed by atoms with Gasteiger partial charge in [0, 0.05) is 12.2 Å². The smallest absolute Gasteiger partial charge is 0.260 e. The van der Waals surface area contributed by atoms with Crippen molar-refractivity contribution in [2.24, 2.45) is 0 Å². The van der Waals surface area contributed by atoms with Gasteiger partial charge in [-0.2, -0.15) is 0 Å². The van der Waals surface area contributed by atoms with Crippen molar-refractivity contribution in [3.05, 3.63) is 57.9 Å². The third-order valence-corrected chi connectivity index (χ3v) is 3.88. The van der Waals surface area contributed by atoms with Crippen LogP contribution < -0.4 is 10.9 Å². The van der Waals surface area contributed by atoms with Gasteiger partial charge in [-0.3, -0.25) is 14.5 Å². The van der Waals surface area contributed by atoms with Gasteiger partial charge in [0.2, 0.25) is 0 Å². The first-order chi connectivity index (χ1) is 11.1. The Morgan fingerprint density at radius 2 is 2.04 bits per heavy atom. The van der Waals surface area contributed by atoms with E-state index in [-0.39, 0.29) is 23.1 Å². The van der Waals surface area contributed by atoms with Crippen LogP contribution in [-0.2, 0) is 0 Å². The number of nitrogens with zero attached hydrogens (tertiary/aromatic N) is 1. The lowest BCUT2D eigenvalue weighted by atomic mass is 10.1. The number of amides is 1. The molecule has 0 fully saturated rings. The van der Waals surface area contributed by atoms with Crippen LogP contribution in [0.1, 0.15) is 41.7 Å². The highest BCUT2D eigenvalue weighted by molar-refractivity contribution is 5.93. The molecule has 2 rings (SSSR count). The second-order valence-electron chi connectivity index (χ2n) is 5.35. The maximum atomic E-state index is 12.3. The quantitative estimate of drug-likeness (QED) is 0.819. The van der Waals surface area contributed by atoms with Crippen LogP contribution in [0.25, 0.3) is 0 Å². The van der Waals surface area contributed by atoms with Crippen LogP contribution in [0.4, 0.5) is 0 Å². The molecule has 2 heterocycles. The molecule has 0 aliphatic carbocycles. The van der Waals surface area contributed by atoms with E-state index in [1.807, 2.05) is 12.1 Å². The molecule has 6 heteroatoms. The van der Waals surface area contributed by atoms with Crippen LogP contribution in [-0.4, -0.2) is 35.4 Å². The fourth-order valence-electron chi connectivity index (χ4n) is 2.59. The summed E-state index contributed by atoms with van der Waals surface area (Å²) in [6, 6.07) is 6.92. The molecule has 124 valence electrons. The van der Waals surface area contributed by atoms with Crippen molar-refractivity contribution in [1.82, 2.24) is 15.2 Å². The zero-order valence-electron chi connectivity index (χ0n) is 13.8. The minimum absolute atomic E-state index is 0.0616. The molecule has 2 aromatic heterocycles. The number of carbonyl (C=O) groups is 1. The number of carbonyl (C=O) groups excluding carboxylic acids is 1. The Morgan fingerprint density at radius 1 is 1.30 bits per heavy atom. The van der Waals surface area contributed by atoms with E-state index in [1.54, 1.807) is 25.3 Å². The van der Waals surface area contributed by atoms with Gasteiger partial charge in [-0.25, -0.2) is 0 Å². The summed E-state index contributed by atoms with van der Waals surface area (Å²) in [6.07, 6.45) is 1.62. The number of hydrogen-bond acceptors (Lipinski definition) is 4. The van der Waals surface area contributed by atoms with Crippen LogP contribution in [0.3, 0.4) is 0 Å². The number of pyridine rings is 1. The SMILES string of the molecule is CCN(CC)[C@H](CNC(=O)c1ccc(C)[nH]c1=O)c1ccco1. The second-order valence-corrected chi connectivity index (χ2v) is 5.35. The molecule has 2 N–H and O–H groups in total. The minimum atomic E-state index is -0.380. The molecule has 6 nitrogen and oxygen atoms in total. The molecule has 0 aliphatic rings. The predicted octanol–water partition coefficient (Wildman–Crippen LogP) is 2.09. The Balaban J connectivity index is 2.11. The van der Waals surface area contributed by atoms with Crippen molar-refractivity contribution in [2.45, 2.75) is 26.8 Å². The number of furan rings is 1. The van der Waals surface area contributed by atoms with Gasteiger partial charge in [-0.05, 0) is 44.3 Å². The van der Waals surface area contributed by atoms with Crippen LogP contribution in [0, 0.1) is 6.92 Å². The zero-order chi connectivity index (χ0) is 16.8. The molecule has 0 saturated carbocycles. The first kappa shape index (κ1) is 17.0. The number of rotatable bonds is 7. The topological polar surface area (TPSA) is 78.3 Å². The average molecular weight is 317 g/mol. The van der Waals surface area contributed by atoms with Crippen molar-refractivity contribution in [2.75, 3.05) is 19.6 Å². The Morgan fingerprint density at radius 3 is 2.61 bits per heavy atom. The number of nitrogens with one attached hydrogen (secondary N) is 2. The molecule has 0 saturated heterocycles. The third-order valence-electron chi connectivity index (χ3n) is 3.88. The van der Waals surface area contributed by atoms with E-state index in [9.17, 15) is 9.59 Å². The molecule has 1 atom stereocenters. The van der Waals surface area contributed by atoms with Gasteiger partial charge in [-0.15, -0.1) is 0 Å². The molecule has 0 aromatic carbocycles. The van der Waals surface area contributed by atoms with E-state index >= 15 is 0 Å². The van der Waals surface area contributed by atoms with E-state index < -0.39 is 0 Å². The van der Waals surface area contributed by atoms with Crippen molar-refractivity contribution in [3.63, 3.8) is 0 Å². The number of aromatic amines is 1. The number of aryl methyl sites for hydroxylation is 1. The highest BCUT2D eigenvalue weighted by atomic mass is 16.3. The van der Waals surface area contributed by atoms with Crippen LogP contribution in [0.5, 0.6) is 0 Å². The predicted molar refractivity (Wildman–Crippen MR) is 88.5 cm³/mol. The van der Waals surface area contributed by atoms with Crippen LogP contribution in [0.2, 0.25) is 0 Å². The van der Waals surface area contributed by atoms with Crippen molar-refractivity contribution >= 4 is 5.91 Å². The van der Waals surface area contributed by atoms with Gasteiger partial charge in [0.25, 0.3) is 11.5 Å². The molecule has 0 aliphatic heterocycles. The van der Waals surface area contributed by atoms with E-state index in [4.69, 9.17) is 4.42 Å². The van der Waals surface area contributed by atoms with Crippen molar-refractivity contribution in [1.29, 1.82) is 0 Å². The molecule has 0 bridgehead atoms. The summed E-state index contributed by atoms with van der Waals surface area (Å²) in [4.78, 5) is 29.0. The first-order valence-electron chi connectivity index (χ1n) is 7.82. The van der Waals surface area contributed by atoms with Gasteiger partial charge in [0.1, 0.15) is 11.3 Å². The number of H-pyrrole nitrogens is 1. The van der Waals surface area contributed by atoms with E-state index in [1.165, 1.54) is 0 Å². The highest BCUT2D eigenvalue weighted by Gasteiger charge is 2.22. The lowest BCUT2D eigenvalue weighted by Crippen LogP contribution is -2.39. The minimum Gasteiger partial charge on any atom is -0.468 e. The molecule has 1 amide bonds. The Labute approximate surface area is 135 Å². The third kappa shape index (κ3) is 4.10. The summed E-state index contributed by atoms with van der Waals surface area (Å²) >= 11 is 0. The molecular weight excluding hydrogens is 294 g/mol. The number of likely N-dealkylation sites (N-methyl/N-ethyl adjacent to an activating group) is 1. The van der Waals surface area contributed by atoms with E-state index in [0.717, 1.165) is 24.5 Å². The summed E-state index contributed by atoms with van der Waals surface area (Å²) in [5, 5.41) is 2.84. The summed E-state index contributed by atoms with van der Waals surface area (Å²) in [7, 11) is 0. The van der Waals surface area contributed by atoms with Crippen LogP contribution in [0.15, 0.2) is 39.7 Å². The maximum absolute atomic E-state index is 12.3. The Kier molecular flexibility index (Phi) is 5.76. The molecular formula is C17H23N3O3. The molecule has 0 radical (unpaired) electrons. The van der Waals surface area contributed by atoms with Gasteiger partial charge >= 0.3 is 0 Å².